The Labute approximate surface area is 107 Å². The summed E-state index contributed by atoms with van der Waals surface area (Å²) in [5, 5.41) is 19.2. The number of hydrogen-bond donors (Lipinski definition) is 1. The average Bonchev–Trinajstić information content (AvgIpc) is 2.85. The van der Waals surface area contributed by atoms with Crippen molar-refractivity contribution in [1.82, 2.24) is 4.98 Å². The van der Waals surface area contributed by atoms with Crippen LogP contribution in [0.1, 0.15) is 20.9 Å². The molecule has 0 aliphatic rings. The molecule has 1 N–H and O–H groups in total. The first kappa shape index (κ1) is 12.1. The summed E-state index contributed by atoms with van der Waals surface area (Å²) in [6.45, 7) is 0.187. The van der Waals surface area contributed by atoms with Crippen molar-refractivity contribution in [1.29, 1.82) is 5.26 Å². The fourth-order valence-corrected chi connectivity index (χ4v) is 1.99. The molecule has 0 bridgehead atoms. The van der Waals surface area contributed by atoms with Crippen LogP contribution in [0.3, 0.4) is 0 Å². The van der Waals surface area contributed by atoms with Gasteiger partial charge in [-0.25, -0.2) is 9.78 Å². The van der Waals surface area contributed by atoms with E-state index in [-0.39, 0.29) is 11.5 Å². The zero-order valence-electron chi connectivity index (χ0n) is 9.16. The summed E-state index contributed by atoms with van der Waals surface area (Å²) in [5.41, 5.74) is 0.981. The molecule has 0 fully saturated rings. The molecule has 18 heavy (non-hydrogen) atoms. The minimum atomic E-state index is -0.978. The van der Waals surface area contributed by atoms with E-state index in [1.54, 1.807) is 17.5 Å². The van der Waals surface area contributed by atoms with Gasteiger partial charge in [-0.05, 0) is 6.07 Å². The molecule has 90 valence electrons. The van der Waals surface area contributed by atoms with Gasteiger partial charge in [-0.1, -0.05) is 6.07 Å². The Morgan fingerprint density at radius 2 is 2.44 bits per heavy atom. The van der Waals surface area contributed by atoms with E-state index in [1.807, 2.05) is 6.07 Å². The van der Waals surface area contributed by atoms with Gasteiger partial charge in [-0.2, -0.15) is 5.26 Å². The number of pyridine rings is 1. The molecule has 2 aromatic rings. The lowest BCUT2D eigenvalue weighted by Gasteiger charge is -2.04. The molecule has 0 aliphatic carbocycles. The number of carbonyl (C=O) groups is 1. The summed E-state index contributed by atoms with van der Waals surface area (Å²) < 4.78 is 5.42. The first-order valence-electron chi connectivity index (χ1n) is 4.99. The minimum absolute atomic E-state index is 0.187. The normalized spacial score (nSPS) is 9.72. The van der Waals surface area contributed by atoms with Gasteiger partial charge in [0.25, 0.3) is 0 Å². The van der Waals surface area contributed by atoms with Gasteiger partial charge in [0.1, 0.15) is 29.0 Å². The van der Waals surface area contributed by atoms with Gasteiger partial charge in [-0.3, -0.25) is 0 Å². The second-order valence-corrected chi connectivity index (χ2v) is 4.27. The summed E-state index contributed by atoms with van der Waals surface area (Å²) in [6, 6.07) is 6.89. The van der Waals surface area contributed by atoms with Crippen molar-refractivity contribution in [2.75, 3.05) is 0 Å². The molecule has 0 saturated heterocycles. The van der Waals surface area contributed by atoms with Crippen molar-refractivity contribution >= 4 is 17.3 Å². The third kappa shape index (κ3) is 2.64. The van der Waals surface area contributed by atoms with Gasteiger partial charge in [0.05, 0.1) is 0 Å². The van der Waals surface area contributed by atoms with Gasteiger partial charge >= 0.3 is 5.97 Å². The third-order valence-corrected chi connectivity index (χ3v) is 3.07. The number of ether oxygens (including phenoxy) is 1. The van der Waals surface area contributed by atoms with Crippen molar-refractivity contribution in [2.24, 2.45) is 0 Å². The molecule has 5 nitrogen and oxygen atoms in total. The van der Waals surface area contributed by atoms with E-state index in [0.717, 1.165) is 11.3 Å². The molecule has 6 heteroatoms. The van der Waals surface area contributed by atoms with Crippen molar-refractivity contribution in [3.63, 3.8) is 0 Å². The Morgan fingerprint density at radius 3 is 3.11 bits per heavy atom. The van der Waals surface area contributed by atoms with Crippen LogP contribution in [0, 0.1) is 11.3 Å². The van der Waals surface area contributed by atoms with Crippen LogP contribution in [0.25, 0.3) is 0 Å². The Kier molecular flexibility index (Phi) is 3.55. The highest BCUT2D eigenvalue weighted by atomic mass is 32.1. The molecule has 0 saturated carbocycles. The second kappa shape index (κ2) is 5.29. The van der Waals surface area contributed by atoms with Crippen LogP contribution >= 0.6 is 11.3 Å². The van der Waals surface area contributed by atoms with Gasteiger partial charge in [-0.15, -0.1) is 11.3 Å². The molecule has 2 aromatic heterocycles. The van der Waals surface area contributed by atoms with Crippen molar-refractivity contribution in [3.05, 3.63) is 45.9 Å². The zero-order chi connectivity index (χ0) is 13.0. The van der Waals surface area contributed by atoms with Crippen molar-refractivity contribution < 1.29 is 14.6 Å². The van der Waals surface area contributed by atoms with Crippen LogP contribution in [0.4, 0.5) is 0 Å². The SMILES string of the molecule is N#Cc1ncccc1COc1csc(C(=O)O)c1. The summed E-state index contributed by atoms with van der Waals surface area (Å²) in [6.07, 6.45) is 1.54. The highest BCUT2D eigenvalue weighted by Crippen LogP contribution is 2.22. The van der Waals surface area contributed by atoms with E-state index >= 15 is 0 Å². The number of hydrogen-bond acceptors (Lipinski definition) is 5. The molecular formula is C12H8N2O3S. The maximum atomic E-state index is 10.7. The Morgan fingerprint density at radius 1 is 1.61 bits per heavy atom. The van der Waals surface area contributed by atoms with Gasteiger partial charge in [0.2, 0.25) is 0 Å². The monoisotopic (exact) mass is 260 g/mol. The van der Waals surface area contributed by atoms with Gasteiger partial charge in [0, 0.05) is 23.2 Å². The molecule has 0 atom stereocenters. The van der Waals surface area contributed by atoms with Gasteiger partial charge in [0.15, 0.2) is 0 Å². The van der Waals surface area contributed by atoms with E-state index < -0.39 is 5.97 Å². The zero-order valence-corrected chi connectivity index (χ0v) is 9.98. The van der Waals surface area contributed by atoms with E-state index in [1.165, 1.54) is 12.3 Å². The highest BCUT2D eigenvalue weighted by molar-refractivity contribution is 7.12. The standard InChI is InChI=1S/C12H8N2O3S/c13-5-10-8(2-1-3-14-10)6-17-9-4-11(12(15)16)18-7-9/h1-4,7H,6H2,(H,15,16). The average molecular weight is 260 g/mol. The molecule has 0 unspecified atom stereocenters. The topological polar surface area (TPSA) is 83.2 Å². The largest absolute Gasteiger partial charge is 0.488 e. The number of thiophene rings is 1. The second-order valence-electron chi connectivity index (χ2n) is 3.36. The third-order valence-electron chi connectivity index (χ3n) is 2.18. The first-order chi connectivity index (χ1) is 8.70. The Bertz CT molecular complexity index is 616. The van der Waals surface area contributed by atoms with Crippen LogP contribution in [-0.4, -0.2) is 16.1 Å². The van der Waals surface area contributed by atoms with Crippen molar-refractivity contribution in [2.45, 2.75) is 6.61 Å². The molecule has 0 amide bonds. The maximum Gasteiger partial charge on any atom is 0.346 e. The lowest BCUT2D eigenvalue weighted by atomic mass is 10.2. The van der Waals surface area contributed by atoms with Crippen LogP contribution in [0.15, 0.2) is 29.8 Å². The summed E-state index contributed by atoms with van der Waals surface area (Å²) in [5.74, 6) is -0.501. The predicted octanol–water partition coefficient (Wildman–Crippen LogP) is 2.29. The summed E-state index contributed by atoms with van der Waals surface area (Å²) >= 11 is 1.10. The lowest BCUT2D eigenvalue weighted by molar-refractivity contribution is 0.0702. The number of carboxylic acid groups (broad SMARTS) is 1. The molecule has 2 heterocycles. The first-order valence-corrected chi connectivity index (χ1v) is 5.87. The van der Waals surface area contributed by atoms with E-state index in [2.05, 4.69) is 4.98 Å². The number of carboxylic acids is 1. The van der Waals surface area contributed by atoms with Gasteiger partial charge < -0.3 is 9.84 Å². The number of rotatable bonds is 4. The molecule has 2 rings (SSSR count). The van der Waals surface area contributed by atoms with Crippen LogP contribution in [-0.2, 0) is 6.61 Å². The quantitative estimate of drug-likeness (QED) is 0.911. The summed E-state index contributed by atoms with van der Waals surface area (Å²) in [7, 11) is 0. The van der Waals surface area contributed by atoms with Crippen LogP contribution < -0.4 is 4.74 Å². The molecule has 0 spiro atoms. The Balaban J connectivity index is 2.07. The van der Waals surface area contributed by atoms with Crippen molar-refractivity contribution in [3.8, 4) is 11.8 Å². The van der Waals surface area contributed by atoms with E-state index in [4.69, 9.17) is 15.1 Å². The highest BCUT2D eigenvalue weighted by Gasteiger charge is 2.08. The fraction of sp³-hybridized carbons (Fsp3) is 0.0833. The number of nitriles is 1. The number of nitrogens with zero attached hydrogens (tertiary/aromatic N) is 2. The molecule has 0 radical (unpaired) electrons. The lowest BCUT2D eigenvalue weighted by Crippen LogP contribution is -1.99. The number of aromatic nitrogens is 1. The maximum absolute atomic E-state index is 10.7. The molecular weight excluding hydrogens is 252 g/mol. The summed E-state index contributed by atoms with van der Waals surface area (Å²) in [4.78, 5) is 14.8. The molecule has 0 aliphatic heterocycles. The van der Waals surface area contributed by atoms with E-state index in [0.29, 0.717) is 17.0 Å². The number of aromatic carboxylic acids is 1. The van der Waals surface area contributed by atoms with Crippen LogP contribution in [0.2, 0.25) is 0 Å². The van der Waals surface area contributed by atoms with E-state index in [9.17, 15) is 4.79 Å². The Hall–Kier alpha value is -2.39. The van der Waals surface area contributed by atoms with Crippen LogP contribution in [0.5, 0.6) is 5.75 Å². The minimum Gasteiger partial charge on any atom is -0.488 e. The molecule has 0 aromatic carbocycles. The predicted molar refractivity (Wildman–Crippen MR) is 64.6 cm³/mol. The smallest absolute Gasteiger partial charge is 0.346 e. The fourth-order valence-electron chi connectivity index (χ4n) is 1.32.